The van der Waals surface area contributed by atoms with Gasteiger partial charge in [-0.25, -0.2) is 4.99 Å². The number of carbonyl (C=O) groups excluding carboxylic acids is 1. The number of fused-ring (bicyclic) bond motifs is 1. The van der Waals surface area contributed by atoms with Crippen LogP contribution in [0.3, 0.4) is 0 Å². The quantitative estimate of drug-likeness (QED) is 0.340. The largest absolute Gasteiger partial charge is 0.491 e. The van der Waals surface area contributed by atoms with E-state index in [1.54, 1.807) is 23.5 Å². The van der Waals surface area contributed by atoms with E-state index in [-0.39, 0.29) is 17.4 Å². The van der Waals surface area contributed by atoms with Gasteiger partial charge in [0.15, 0.2) is 0 Å². The van der Waals surface area contributed by atoms with Crippen molar-refractivity contribution in [1.82, 2.24) is 0 Å². The highest BCUT2D eigenvalue weighted by molar-refractivity contribution is 7.16. The SMILES string of the molecule is CC(C)Oc1ccc(C=Nc2sc3c(c2C(=O)Nc2ccc(Cl)cc2)CC[C@H](C(C)(C)C)C3)cc1. The zero-order valence-corrected chi connectivity index (χ0v) is 22.6. The summed E-state index contributed by atoms with van der Waals surface area (Å²) in [4.78, 5) is 19.6. The van der Waals surface area contributed by atoms with Crippen LogP contribution < -0.4 is 10.1 Å². The molecule has 4 rings (SSSR count). The Bertz CT molecular complexity index is 1210. The van der Waals surface area contributed by atoms with Crippen LogP contribution in [-0.4, -0.2) is 18.2 Å². The topological polar surface area (TPSA) is 50.7 Å². The molecule has 0 radical (unpaired) electrons. The van der Waals surface area contributed by atoms with Crippen LogP contribution in [0, 0.1) is 11.3 Å². The van der Waals surface area contributed by atoms with Crippen molar-refractivity contribution in [1.29, 1.82) is 0 Å². The van der Waals surface area contributed by atoms with Crippen molar-refractivity contribution in [3.8, 4) is 5.75 Å². The Morgan fingerprint density at radius 2 is 1.83 bits per heavy atom. The maximum atomic E-state index is 13.5. The molecule has 1 amide bonds. The number of aliphatic imine (C=N–C) groups is 1. The number of hydrogen-bond donors (Lipinski definition) is 1. The number of nitrogens with zero attached hydrogens (tertiary/aromatic N) is 1. The fourth-order valence-corrected chi connectivity index (χ4v) is 5.79. The molecule has 1 heterocycles. The second-order valence-corrected chi connectivity index (χ2v) is 12.0. The van der Waals surface area contributed by atoms with Crippen LogP contribution in [-0.2, 0) is 12.8 Å². The number of amides is 1. The van der Waals surface area contributed by atoms with E-state index in [1.807, 2.05) is 56.5 Å². The highest BCUT2D eigenvalue weighted by Crippen LogP contribution is 2.45. The summed E-state index contributed by atoms with van der Waals surface area (Å²) in [6.45, 7) is 10.9. The molecule has 35 heavy (non-hydrogen) atoms. The Labute approximate surface area is 217 Å². The lowest BCUT2D eigenvalue weighted by molar-refractivity contribution is 0.102. The smallest absolute Gasteiger partial charge is 0.259 e. The molecule has 0 unspecified atom stereocenters. The van der Waals surface area contributed by atoms with E-state index in [2.05, 4.69) is 26.1 Å². The Morgan fingerprint density at radius 3 is 2.46 bits per heavy atom. The minimum Gasteiger partial charge on any atom is -0.491 e. The van der Waals surface area contributed by atoms with Crippen molar-refractivity contribution < 1.29 is 9.53 Å². The van der Waals surface area contributed by atoms with E-state index in [9.17, 15) is 4.79 Å². The normalized spacial score (nSPS) is 15.9. The molecule has 184 valence electrons. The van der Waals surface area contributed by atoms with Gasteiger partial charge in [-0.1, -0.05) is 32.4 Å². The first-order valence-electron chi connectivity index (χ1n) is 12.1. The summed E-state index contributed by atoms with van der Waals surface area (Å²) < 4.78 is 5.74. The molecule has 0 saturated carbocycles. The Balaban J connectivity index is 1.64. The lowest BCUT2D eigenvalue weighted by atomic mass is 9.72. The second kappa shape index (κ2) is 10.5. The fourth-order valence-electron chi connectivity index (χ4n) is 4.40. The number of ether oxygens (including phenoxy) is 1. The number of thiophene rings is 1. The standard InChI is InChI=1S/C29H33ClN2O2S/c1-18(2)34-23-13-6-19(7-14-23)17-31-28-26(27(33)32-22-11-9-21(30)10-12-22)24-15-8-20(29(3,4)5)16-25(24)35-28/h6-7,9-14,17-18,20H,8,15-16H2,1-5H3,(H,32,33)/t20-/m0/s1. The van der Waals surface area contributed by atoms with Gasteiger partial charge in [0.2, 0.25) is 0 Å². The van der Waals surface area contributed by atoms with Gasteiger partial charge >= 0.3 is 0 Å². The van der Waals surface area contributed by atoms with Crippen molar-refractivity contribution in [2.45, 2.75) is 60.0 Å². The third kappa shape index (κ3) is 6.33. The summed E-state index contributed by atoms with van der Waals surface area (Å²) in [6.07, 6.45) is 4.92. The highest BCUT2D eigenvalue weighted by Gasteiger charge is 2.33. The van der Waals surface area contributed by atoms with Gasteiger partial charge in [0.25, 0.3) is 5.91 Å². The van der Waals surface area contributed by atoms with Gasteiger partial charge in [-0.15, -0.1) is 11.3 Å². The van der Waals surface area contributed by atoms with Crippen LogP contribution in [0.25, 0.3) is 0 Å². The van der Waals surface area contributed by atoms with Gasteiger partial charge in [0.05, 0.1) is 11.7 Å². The number of halogens is 1. The van der Waals surface area contributed by atoms with Gasteiger partial charge < -0.3 is 10.1 Å². The van der Waals surface area contributed by atoms with E-state index in [0.29, 0.717) is 16.5 Å². The average molecular weight is 509 g/mol. The van der Waals surface area contributed by atoms with Gasteiger partial charge in [-0.3, -0.25) is 4.79 Å². The fraction of sp³-hybridized carbons (Fsp3) is 0.379. The summed E-state index contributed by atoms with van der Waals surface area (Å²) in [5, 5.41) is 4.45. The minimum atomic E-state index is -0.119. The average Bonchev–Trinajstić information content (AvgIpc) is 3.17. The number of anilines is 1. The summed E-state index contributed by atoms with van der Waals surface area (Å²) in [5.74, 6) is 1.30. The Kier molecular flexibility index (Phi) is 7.67. The molecule has 0 saturated heterocycles. The van der Waals surface area contributed by atoms with Crippen molar-refractivity contribution in [2.75, 3.05) is 5.32 Å². The molecule has 0 fully saturated rings. The lowest BCUT2D eigenvalue weighted by Crippen LogP contribution is -2.27. The van der Waals surface area contributed by atoms with Gasteiger partial charge in [0, 0.05) is 21.8 Å². The zero-order chi connectivity index (χ0) is 25.2. The van der Waals surface area contributed by atoms with Gasteiger partial charge in [-0.05, 0) is 104 Å². The first-order chi connectivity index (χ1) is 16.6. The number of benzene rings is 2. The van der Waals surface area contributed by atoms with E-state index in [4.69, 9.17) is 21.3 Å². The van der Waals surface area contributed by atoms with Crippen LogP contribution in [0.5, 0.6) is 5.75 Å². The third-order valence-electron chi connectivity index (χ3n) is 6.38. The molecule has 4 nitrogen and oxygen atoms in total. The maximum Gasteiger partial charge on any atom is 0.259 e. The summed E-state index contributed by atoms with van der Waals surface area (Å²) in [6, 6.07) is 15.1. The highest BCUT2D eigenvalue weighted by atomic mass is 35.5. The summed E-state index contributed by atoms with van der Waals surface area (Å²) in [7, 11) is 0. The molecule has 0 spiro atoms. The van der Waals surface area contributed by atoms with Crippen LogP contribution >= 0.6 is 22.9 Å². The predicted octanol–water partition coefficient (Wildman–Crippen LogP) is 8.34. The lowest BCUT2D eigenvalue weighted by Gasteiger charge is -2.33. The number of carbonyl (C=O) groups is 1. The molecule has 2 aromatic carbocycles. The number of rotatable bonds is 6. The minimum absolute atomic E-state index is 0.119. The van der Waals surface area contributed by atoms with E-state index in [1.165, 1.54) is 4.88 Å². The molecule has 3 aromatic rings. The second-order valence-electron chi connectivity index (χ2n) is 10.4. The zero-order valence-electron chi connectivity index (χ0n) is 21.0. The van der Waals surface area contributed by atoms with Crippen LogP contribution in [0.1, 0.15) is 67.4 Å². The molecular weight excluding hydrogens is 476 g/mol. The predicted molar refractivity (Wildman–Crippen MR) is 148 cm³/mol. The van der Waals surface area contributed by atoms with E-state index < -0.39 is 0 Å². The van der Waals surface area contributed by atoms with Crippen LogP contribution in [0.4, 0.5) is 10.7 Å². The maximum absolute atomic E-state index is 13.5. The first kappa shape index (κ1) is 25.5. The Hall–Kier alpha value is -2.63. The molecule has 0 aliphatic heterocycles. The number of nitrogens with one attached hydrogen (secondary N) is 1. The summed E-state index contributed by atoms with van der Waals surface area (Å²) >= 11 is 7.66. The van der Waals surface area contributed by atoms with Crippen molar-refractivity contribution >= 4 is 45.7 Å². The van der Waals surface area contributed by atoms with Crippen molar-refractivity contribution in [2.24, 2.45) is 16.3 Å². The first-order valence-corrected chi connectivity index (χ1v) is 13.3. The van der Waals surface area contributed by atoms with Crippen molar-refractivity contribution in [3.63, 3.8) is 0 Å². The van der Waals surface area contributed by atoms with Gasteiger partial charge in [-0.2, -0.15) is 0 Å². The van der Waals surface area contributed by atoms with Crippen LogP contribution in [0.15, 0.2) is 53.5 Å². The van der Waals surface area contributed by atoms with Crippen molar-refractivity contribution in [3.05, 3.63) is 75.1 Å². The molecule has 1 N–H and O–H groups in total. The molecular formula is C29H33ClN2O2S. The third-order valence-corrected chi connectivity index (χ3v) is 7.80. The summed E-state index contributed by atoms with van der Waals surface area (Å²) in [5.41, 5.74) is 3.76. The molecule has 0 bridgehead atoms. The molecule has 6 heteroatoms. The number of hydrogen-bond acceptors (Lipinski definition) is 4. The molecule has 1 aliphatic carbocycles. The monoisotopic (exact) mass is 508 g/mol. The van der Waals surface area contributed by atoms with E-state index >= 15 is 0 Å². The van der Waals surface area contributed by atoms with E-state index in [0.717, 1.165) is 46.8 Å². The molecule has 1 atom stereocenters. The molecule has 1 aliphatic rings. The molecule has 1 aromatic heterocycles. The van der Waals surface area contributed by atoms with Gasteiger partial charge in [0.1, 0.15) is 10.8 Å². The Morgan fingerprint density at radius 1 is 1.14 bits per heavy atom. The van der Waals surface area contributed by atoms with Crippen LogP contribution in [0.2, 0.25) is 5.02 Å².